The predicted octanol–water partition coefficient (Wildman–Crippen LogP) is 4.85. The number of ether oxygens (including phenoxy) is 1. The number of aryl methyl sites for hydroxylation is 1. The Labute approximate surface area is 181 Å². The van der Waals surface area contributed by atoms with Crippen LogP contribution in [0.2, 0.25) is 0 Å². The molecule has 6 nitrogen and oxygen atoms in total. The number of halogens is 3. The van der Waals surface area contributed by atoms with E-state index in [1.807, 2.05) is 19.1 Å². The average Bonchev–Trinajstić information content (AvgIpc) is 3.18. The lowest BCUT2D eigenvalue weighted by Crippen LogP contribution is -2.33. The number of amides is 1. The lowest BCUT2D eigenvalue weighted by Gasteiger charge is -2.32. The standard InChI is InChI=1S/C19H12F2IN3O3S/c1-9-6-10(22)2-3-13(9)25-8-28-18(27)12-7-11(14(20)15(21)16(12)25)17(26)24-19-23-4-5-29-19/h2-7H,8H2,1H3,(H,23,24,26). The van der Waals surface area contributed by atoms with Gasteiger partial charge < -0.3 is 9.64 Å². The Morgan fingerprint density at radius 2 is 2.10 bits per heavy atom. The summed E-state index contributed by atoms with van der Waals surface area (Å²) in [7, 11) is 0. The van der Waals surface area contributed by atoms with Crippen molar-refractivity contribution in [1.82, 2.24) is 4.98 Å². The summed E-state index contributed by atoms with van der Waals surface area (Å²) in [6.07, 6.45) is 1.46. The first kappa shape index (κ1) is 19.7. The molecule has 3 aromatic rings. The molecular formula is C19H12F2IN3O3S. The second-order valence-electron chi connectivity index (χ2n) is 6.16. The Morgan fingerprint density at radius 3 is 2.79 bits per heavy atom. The Hall–Kier alpha value is -2.60. The van der Waals surface area contributed by atoms with E-state index in [1.165, 1.54) is 11.1 Å². The number of hydrogen-bond acceptors (Lipinski definition) is 6. The Kier molecular flexibility index (Phi) is 5.21. The smallest absolute Gasteiger partial charge is 0.342 e. The summed E-state index contributed by atoms with van der Waals surface area (Å²) in [4.78, 5) is 29.9. The van der Waals surface area contributed by atoms with Crippen LogP contribution >= 0.6 is 33.9 Å². The number of nitrogens with one attached hydrogen (secondary N) is 1. The van der Waals surface area contributed by atoms with E-state index >= 15 is 4.39 Å². The van der Waals surface area contributed by atoms with E-state index in [2.05, 4.69) is 32.9 Å². The molecule has 1 aliphatic heterocycles. The van der Waals surface area contributed by atoms with Crippen LogP contribution in [-0.2, 0) is 4.74 Å². The fourth-order valence-corrected chi connectivity index (χ4v) is 4.20. The van der Waals surface area contributed by atoms with E-state index in [0.717, 1.165) is 26.5 Å². The molecule has 148 valence electrons. The van der Waals surface area contributed by atoms with Gasteiger partial charge in [0, 0.05) is 20.8 Å². The van der Waals surface area contributed by atoms with Gasteiger partial charge in [0.1, 0.15) is 0 Å². The van der Waals surface area contributed by atoms with Crippen molar-refractivity contribution >= 4 is 62.3 Å². The van der Waals surface area contributed by atoms with E-state index in [9.17, 15) is 14.0 Å². The summed E-state index contributed by atoms with van der Waals surface area (Å²) in [6, 6.07) is 6.42. The first-order chi connectivity index (χ1) is 13.9. The normalized spacial score (nSPS) is 13.1. The van der Waals surface area contributed by atoms with Crippen LogP contribution in [0.4, 0.5) is 25.3 Å². The zero-order chi connectivity index (χ0) is 20.7. The van der Waals surface area contributed by atoms with Gasteiger partial charge >= 0.3 is 5.97 Å². The summed E-state index contributed by atoms with van der Waals surface area (Å²) in [5.41, 5.74) is 0.282. The molecule has 0 aliphatic carbocycles. The van der Waals surface area contributed by atoms with Crippen molar-refractivity contribution in [1.29, 1.82) is 0 Å². The lowest BCUT2D eigenvalue weighted by atomic mass is 10.0. The van der Waals surface area contributed by atoms with Gasteiger partial charge in [-0.05, 0) is 59.3 Å². The fourth-order valence-electron chi connectivity index (χ4n) is 3.03. The number of aromatic nitrogens is 1. The summed E-state index contributed by atoms with van der Waals surface area (Å²) < 4.78 is 36.0. The number of cyclic esters (lactones) is 1. The number of carbonyl (C=O) groups excluding carboxylic acids is 2. The molecule has 0 spiro atoms. The number of anilines is 3. The number of carbonyl (C=O) groups is 2. The minimum atomic E-state index is -1.35. The molecule has 0 saturated heterocycles. The van der Waals surface area contributed by atoms with E-state index < -0.39 is 29.1 Å². The molecule has 10 heteroatoms. The molecule has 1 amide bonds. The molecule has 1 N–H and O–H groups in total. The monoisotopic (exact) mass is 527 g/mol. The third kappa shape index (κ3) is 3.57. The molecule has 0 atom stereocenters. The molecule has 29 heavy (non-hydrogen) atoms. The van der Waals surface area contributed by atoms with Crippen molar-refractivity contribution in [3.8, 4) is 0 Å². The van der Waals surface area contributed by atoms with Crippen molar-refractivity contribution in [2.24, 2.45) is 0 Å². The van der Waals surface area contributed by atoms with Crippen LogP contribution in [0.3, 0.4) is 0 Å². The molecule has 2 aromatic carbocycles. The van der Waals surface area contributed by atoms with Gasteiger partial charge in [-0.15, -0.1) is 11.3 Å². The van der Waals surface area contributed by atoms with Gasteiger partial charge in [0.05, 0.1) is 16.8 Å². The van der Waals surface area contributed by atoms with Gasteiger partial charge in [0.25, 0.3) is 5.91 Å². The van der Waals surface area contributed by atoms with Gasteiger partial charge in [-0.2, -0.15) is 0 Å². The quantitative estimate of drug-likeness (QED) is 0.390. The van der Waals surface area contributed by atoms with Gasteiger partial charge in [-0.25, -0.2) is 18.6 Å². The number of benzene rings is 2. The zero-order valence-electron chi connectivity index (χ0n) is 14.8. The summed E-state index contributed by atoms with van der Waals surface area (Å²) >= 11 is 3.27. The van der Waals surface area contributed by atoms with Crippen molar-refractivity contribution < 1.29 is 23.1 Å². The zero-order valence-corrected chi connectivity index (χ0v) is 17.8. The highest BCUT2D eigenvalue weighted by Crippen LogP contribution is 2.38. The highest BCUT2D eigenvalue weighted by Gasteiger charge is 2.34. The van der Waals surface area contributed by atoms with Crippen LogP contribution < -0.4 is 10.2 Å². The largest absolute Gasteiger partial charge is 0.440 e. The molecule has 1 aromatic heterocycles. The molecule has 0 fully saturated rings. The minimum absolute atomic E-state index is 0.225. The van der Waals surface area contributed by atoms with Crippen LogP contribution in [0.5, 0.6) is 0 Å². The van der Waals surface area contributed by atoms with E-state index in [-0.39, 0.29) is 23.1 Å². The topological polar surface area (TPSA) is 71.5 Å². The lowest BCUT2D eigenvalue weighted by molar-refractivity contribution is 0.0491. The van der Waals surface area contributed by atoms with Gasteiger partial charge in [0.15, 0.2) is 23.5 Å². The highest BCUT2D eigenvalue weighted by atomic mass is 127. The maximum absolute atomic E-state index is 15.1. The van der Waals surface area contributed by atoms with Crippen LogP contribution in [0.15, 0.2) is 35.8 Å². The van der Waals surface area contributed by atoms with Crippen LogP contribution in [-0.4, -0.2) is 23.6 Å². The average molecular weight is 527 g/mol. The maximum atomic E-state index is 15.1. The first-order valence-electron chi connectivity index (χ1n) is 8.30. The van der Waals surface area contributed by atoms with E-state index in [1.54, 1.807) is 11.4 Å². The number of esters is 1. The van der Waals surface area contributed by atoms with Crippen molar-refractivity contribution in [2.75, 3.05) is 16.9 Å². The van der Waals surface area contributed by atoms with Gasteiger partial charge in [-0.1, -0.05) is 0 Å². The number of fused-ring (bicyclic) bond motifs is 1. The Bertz CT molecular complexity index is 1140. The number of rotatable bonds is 3. The third-order valence-electron chi connectivity index (χ3n) is 4.34. The number of nitrogens with zero attached hydrogens (tertiary/aromatic N) is 2. The summed E-state index contributed by atoms with van der Waals surface area (Å²) in [6.45, 7) is 1.55. The molecule has 0 saturated carbocycles. The molecule has 2 heterocycles. The highest BCUT2D eigenvalue weighted by molar-refractivity contribution is 14.1. The second-order valence-corrected chi connectivity index (χ2v) is 8.30. The second kappa shape index (κ2) is 7.67. The maximum Gasteiger partial charge on any atom is 0.342 e. The predicted molar refractivity (Wildman–Crippen MR) is 113 cm³/mol. The van der Waals surface area contributed by atoms with E-state index in [0.29, 0.717) is 5.69 Å². The number of thiazole rings is 1. The van der Waals surface area contributed by atoms with Crippen LogP contribution in [0.25, 0.3) is 0 Å². The van der Waals surface area contributed by atoms with Gasteiger partial charge in [-0.3, -0.25) is 10.1 Å². The van der Waals surface area contributed by atoms with E-state index in [4.69, 9.17) is 4.74 Å². The first-order valence-corrected chi connectivity index (χ1v) is 10.3. The Balaban J connectivity index is 1.82. The third-order valence-corrected chi connectivity index (χ3v) is 5.70. The molecule has 0 bridgehead atoms. The van der Waals surface area contributed by atoms with Crippen molar-refractivity contribution in [3.63, 3.8) is 0 Å². The molecule has 0 radical (unpaired) electrons. The molecule has 0 unspecified atom stereocenters. The van der Waals surface area contributed by atoms with Crippen molar-refractivity contribution in [3.05, 3.63) is 67.7 Å². The fraction of sp³-hybridized carbons (Fsp3) is 0.105. The van der Waals surface area contributed by atoms with Crippen molar-refractivity contribution in [2.45, 2.75) is 6.92 Å². The van der Waals surface area contributed by atoms with Crippen LogP contribution in [0, 0.1) is 22.1 Å². The minimum Gasteiger partial charge on any atom is -0.440 e. The van der Waals surface area contributed by atoms with Crippen LogP contribution in [0.1, 0.15) is 26.3 Å². The van der Waals surface area contributed by atoms with Gasteiger partial charge in [0.2, 0.25) is 0 Å². The summed E-state index contributed by atoms with van der Waals surface area (Å²) in [5, 5.41) is 4.23. The summed E-state index contributed by atoms with van der Waals surface area (Å²) in [5.74, 6) is -4.38. The Morgan fingerprint density at radius 1 is 1.31 bits per heavy atom. The molecule has 4 rings (SSSR count). The SMILES string of the molecule is Cc1cc(I)ccc1N1COC(=O)c2cc(C(=O)Nc3nccs3)c(F)c(F)c21. The molecule has 1 aliphatic rings. The molecular weight excluding hydrogens is 515 g/mol. The number of hydrogen-bond donors (Lipinski definition) is 1.